The van der Waals surface area contributed by atoms with Gasteiger partial charge in [0.05, 0.1) is 0 Å². The molecule has 0 spiro atoms. The van der Waals surface area contributed by atoms with Gasteiger partial charge in [0.2, 0.25) is 5.91 Å². The van der Waals surface area contributed by atoms with Crippen LogP contribution in [0.5, 0.6) is 0 Å². The molecule has 78 valence electrons. The van der Waals surface area contributed by atoms with E-state index in [9.17, 15) is 14.0 Å². The zero-order valence-electron chi connectivity index (χ0n) is 7.75. The maximum Gasteiger partial charge on any atom is 0.303 e. The topological polar surface area (TPSA) is 80.4 Å². The Morgan fingerprint density at radius 3 is 2.08 bits per heavy atom. The second-order valence-electron chi connectivity index (χ2n) is 2.45. The van der Waals surface area contributed by atoms with Crippen LogP contribution in [0.4, 0.5) is 4.39 Å². The fraction of sp³-hybridized carbons (Fsp3) is 0.750. The molecule has 0 bridgehead atoms. The molecule has 0 saturated heterocycles. The van der Waals surface area contributed by atoms with Crippen LogP contribution < -0.4 is 5.73 Å². The Kier molecular flexibility index (Phi) is 12.0. The van der Waals surface area contributed by atoms with Crippen molar-refractivity contribution >= 4 is 11.9 Å². The van der Waals surface area contributed by atoms with Gasteiger partial charge in [-0.3, -0.25) is 9.59 Å². The van der Waals surface area contributed by atoms with Gasteiger partial charge in [-0.15, -0.1) is 0 Å². The van der Waals surface area contributed by atoms with E-state index in [2.05, 4.69) is 12.7 Å². The molecule has 0 saturated carbocycles. The first kappa shape index (κ1) is 14.4. The van der Waals surface area contributed by atoms with Crippen molar-refractivity contribution < 1.29 is 19.1 Å². The molecule has 0 heterocycles. The average Bonchev–Trinajstić information content (AvgIpc) is 2.05. The number of nitrogens with two attached hydrogens (primary N) is 1. The van der Waals surface area contributed by atoms with Crippen molar-refractivity contribution in [1.82, 2.24) is 0 Å². The summed E-state index contributed by atoms with van der Waals surface area (Å²) in [5.41, 5.74) is 4.28. The predicted octanol–water partition coefficient (Wildman–Crippen LogP) is 1.09. The number of amides is 1. The molecule has 0 fully saturated rings. The molecule has 13 heavy (non-hydrogen) atoms. The Bertz CT molecular complexity index is 150. The van der Waals surface area contributed by atoms with Crippen LogP contribution in [0.3, 0.4) is 0 Å². The maximum atomic E-state index is 10.6. The lowest BCUT2D eigenvalue weighted by Gasteiger charge is -1.89. The molecule has 0 radical (unpaired) electrons. The number of primary amides is 1. The molecule has 0 aromatic heterocycles. The highest BCUT2D eigenvalue weighted by Crippen LogP contribution is 1.97. The minimum absolute atomic E-state index is 0.327. The van der Waals surface area contributed by atoms with Crippen molar-refractivity contribution in [3.05, 3.63) is 0 Å². The summed E-state index contributed by atoms with van der Waals surface area (Å²) in [5.74, 6) is -1.59. The Labute approximate surface area is 76.9 Å². The lowest BCUT2D eigenvalue weighted by molar-refractivity contribution is -0.137. The second kappa shape index (κ2) is 10.9. The van der Waals surface area contributed by atoms with Crippen molar-refractivity contribution in [3.8, 4) is 0 Å². The normalized spacial score (nSPS) is 8.46. The SMILES string of the molecule is CCCCCC(=O)O.NC(=O)CF. The Morgan fingerprint density at radius 2 is 1.85 bits per heavy atom. The first-order chi connectivity index (χ1) is 6.04. The van der Waals surface area contributed by atoms with Crippen molar-refractivity contribution in [2.45, 2.75) is 32.6 Å². The zero-order chi connectivity index (χ0) is 10.7. The third kappa shape index (κ3) is 24.8. The molecule has 0 aliphatic rings. The number of hydrogen-bond donors (Lipinski definition) is 2. The van der Waals surface area contributed by atoms with Gasteiger partial charge in [-0.05, 0) is 6.42 Å². The highest BCUT2D eigenvalue weighted by Gasteiger charge is 1.92. The second-order valence-corrected chi connectivity index (χ2v) is 2.45. The van der Waals surface area contributed by atoms with E-state index >= 15 is 0 Å². The molecule has 0 atom stereocenters. The highest BCUT2D eigenvalue weighted by atomic mass is 19.1. The number of carboxylic acid groups (broad SMARTS) is 1. The van der Waals surface area contributed by atoms with Gasteiger partial charge in [0, 0.05) is 6.42 Å². The van der Waals surface area contributed by atoms with Crippen LogP contribution in [0.1, 0.15) is 32.6 Å². The number of halogens is 1. The van der Waals surface area contributed by atoms with Gasteiger partial charge in [0.25, 0.3) is 0 Å². The number of hydrogen-bond acceptors (Lipinski definition) is 2. The molecule has 4 nitrogen and oxygen atoms in total. The summed E-state index contributed by atoms with van der Waals surface area (Å²) in [6.07, 6.45) is 3.28. The molecule has 0 aliphatic heterocycles. The lowest BCUT2D eigenvalue weighted by Crippen LogP contribution is -2.11. The van der Waals surface area contributed by atoms with Gasteiger partial charge < -0.3 is 10.8 Å². The van der Waals surface area contributed by atoms with Crippen molar-refractivity contribution in [2.24, 2.45) is 5.73 Å². The summed E-state index contributed by atoms with van der Waals surface area (Å²) >= 11 is 0. The van der Waals surface area contributed by atoms with E-state index in [1.54, 1.807) is 0 Å². The van der Waals surface area contributed by atoms with Crippen LogP contribution >= 0.6 is 0 Å². The summed E-state index contributed by atoms with van der Waals surface area (Å²) in [6, 6.07) is 0. The number of carbonyl (C=O) groups is 2. The molecule has 3 N–H and O–H groups in total. The third-order valence-corrected chi connectivity index (χ3v) is 1.13. The Morgan fingerprint density at radius 1 is 1.38 bits per heavy atom. The Balaban J connectivity index is 0. The van der Waals surface area contributed by atoms with Crippen molar-refractivity contribution in [3.63, 3.8) is 0 Å². The van der Waals surface area contributed by atoms with Crippen LogP contribution in [0, 0.1) is 0 Å². The quantitative estimate of drug-likeness (QED) is 0.641. The van der Waals surface area contributed by atoms with E-state index in [-0.39, 0.29) is 0 Å². The zero-order valence-corrected chi connectivity index (χ0v) is 7.75. The summed E-state index contributed by atoms with van der Waals surface area (Å²) < 4.78 is 10.6. The summed E-state index contributed by atoms with van der Waals surface area (Å²) in [7, 11) is 0. The van der Waals surface area contributed by atoms with Gasteiger partial charge >= 0.3 is 5.97 Å². The van der Waals surface area contributed by atoms with Gasteiger partial charge in [-0.1, -0.05) is 19.8 Å². The number of carboxylic acids is 1. The monoisotopic (exact) mass is 193 g/mol. The number of rotatable bonds is 5. The maximum absolute atomic E-state index is 10.6. The number of aliphatic carboxylic acids is 1. The summed E-state index contributed by atoms with van der Waals surface area (Å²) in [6.45, 7) is 1.00. The minimum Gasteiger partial charge on any atom is -0.481 e. The fourth-order valence-corrected chi connectivity index (χ4v) is 0.526. The van der Waals surface area contributed by atoms with Crippen LogP contribution in [0.25, 0.3) is 0 Å². The molecule has 0 aromatic rings. The van der Waals surface area contributed by atoms with Crippen LogP contribution in [0.2, 0.25) is 0 Å². The molecule has 0 unspecified atom stereocenters. The molecule has 1 amide bonds. The van der Waals surface area contributed by atoms with E-state index in [0.717, 1.165) is 19.3 Å². The molecular weight excluding hydrogens is 177 g/mol. The van der Waals surface area contributed by atoms with Crippen molar-refractivity contribution in [1.29, 1.82) is 0 Å². The molecule has 5 heteroatoms. The first-order valence-electron chi connectivity index (χ1n) is 4.10. The van der Waals surface area contributed by atoms with Gasteiger partial charge in [0.15, 0.2) is 6.67 Å². The van der Waals surface area contributed by atoms with E-state index in [4.69, 9.17) is 5.11 Å². The lowest BCUT2D eigenvalue weighted by atomic mass is 10.2. The summed E-state index contributed by atoms with van der Waals surface area (Å²) in [5, 5.41) is 8.14. The third-order valence-electron chi connectivity index (χ3n) is 1.13. The largest absolute Gasteiger partial charge is 0.481 e. The number of unbranched alkanes of at least 4 members (excludes halogenated alkanes) is 2. The van der Waals surface area contributed by atoms with Crippen LogP contribution in [-0.2, 0) is 9.59 Å². The standard InChI is InChI=1S/C6H12O2.C2H4FNO/c1-2-3-4-5-6(7)8;3-1-2(4)5/h2-5H2,1H3,(H,7,8);1H2,(H2,4,5). The average molecular weight is 193 g/mol. The van der Waals surface area contributed by atoms with Crippen LogP contribution in [0.15, 0.2) is 0 Å². The molecular formula is C8H16FNO3. The Hall–Kier alpha value is -1.13. The predicted molar refractivity (Wildman–Crippen MR) is 46.9 cm³/mol. The summed E-state index contributed by atoms with van der Waals surface area (Å²) in [4.78, 5) is 19.1. The minimum atomic E-state index is -1.06. The van der Waals surface area contributed by atoms with Gasteiger partial charge in [-0.25, -0.2) is 4.39 Å². The van der Waals surface area contributed by atoms with Gasteiger partial charge in [-0.2, -0.15) is 0 Å². The van der Waals surface area contributed by atoms with E-state index in [1.165, 1.54) is 0 Å². The highest BCUT2D eigenvalue weighted by molar-refractivity contribution is 5.74. The number of alkyl halides is 1. The fourth-order valence-electron chi connectivity index (χ4n) is 0.526. The van der Waals surface area contributed by atoms with E-state index in [1.807, 2.05) is 0 Å². The molecule has 0 aliphatic carbocycles. The first-order valence-corrected chi connectivity index (χ1v) is 4.10. The van der Waals surface area contributed by atoms with E-state index in [0.29, 0.717) is 6.42 Å². The smallest absolute Gasteiger partial charge is 0.303 e. The van der Waals surface area contributed by atoms with E-state index < -0.39 is 18.6 Å². The van der Waals surface area contributed by atoms with Gasteiger partial charge in [0.1, 0.15) is 0 Å². The molecule has 0 aromatic carbocycles. The van der Waals surface area contributed by atoms with Crippen LogP contribution in [-0.4, -0.2) is 23.7 Å². The number of carbonyl (C=O) groups excluding carboxylic acids is 1. The molecule has 0 rings (SSSR count). The van der Waals surface area contributed by atoms with Crippen molar-refractivity contribution in [2.75, 3.05) is 6.67 Å².